The van der Waals surface area contributed by atoms with Crippen LogP contribution in [0.5, 0.6) is 0 Å². The van der Waals surface area contributed by atoms with E-state index in [0.717, 1.165) is 17.3 Å². The van der Waals surface area contributed by atoms with Crippen LogP contribution in [0.4, 0.5) is 0 Å². The molecule has 0 amide bonds. The van der Waals surface area contributed by atoms with Gasteiger partial charge in [0.05, 0.1) is 12.6 Å². The van der Waals surface area contributed by atoms with Crippen LogP contribution in [-0.2, 0) is 13.2 Å². The molecule has 0 aliphatic heterocycles. The van der Waals surface area contributed by atoms with E-state index in [1.54, 1.807) is 6.07 Å². The minimum atomic E-state index is -0.0626. The maximum absolute atomic E-state index is 8.88. The zero-order valence-corrected chi connectivity index (χ0v) is 10.1. The van der Waals surface area contributed by atoms with Crippen molar-refractivity contribution in [2.75, 3.05) is 0 Å². The highest BCUT2D eigenvalue weighted by Gasteiger charge is 2.09. The molecule has 4 nitrogen and oxygen atoms in total. The van der Waals surface area contributed by atoms with Crippen molar-refractivity contribution in [1.29, 1.82) is 0 Å². The molecule has 0 fully saturated rings. The summed E-state index contributed by atoms with van der Waals surface area (Å²) in [4.78, 5) is 0. The van der Waals surface area contributed by atoms with Crippen LogP contribution in [0.3, 0.4) is 0 Å². The lowest BCUT2D eigenvalue weighted by atomic mass is 10.2. The molecule has 2 aromatic heterocycles. The van der Waals surface area contributed by atoms with Crippen molar-refractivity contribution >= 4 is 0 Å². The van der Waals surface area contributed by atoms with Gasteiger partial charge >= 0.3 is 0 Å². The number of hydrogen-bond acceptors (Lipinski definition) is 4. The monoisotopic (exact) mass is 235 g/mol. The molecule has 2 aromatic rings. The highest BCUT2D eigenvalue weighted by molar-refractivity contribution is 5.10. The Morgan fingerprint density at radius 2 is 1.94 bits per heavy atom. The Morgan fingerprint density at radius 1 is 1.18 bits per heavy atom. The third kappa shape index (κ3) is 2.99. The van der Waals surface area contributed by atoms with Crippen molar-refractivity contribution in [2.24, 2.45) is 0 Å². The van der Waals surface area contributed by atoms with Crippen LogP contribution < -0.4 is 5.32 Å². The molecule has 0 bridgehead atoms. The van der Waals surface area contributed by atoms with Gasteiger partial charge in [-0.2, -0.15) is 0 Å². The fourth-order valence-corrected chi connectivity index (χ4v) is 1.64. The van der Waals surface area contributed by atoms with Crippen LogP contribution in [0.2, 0.25) is 0 Å². The van der Waals surface area contributed by atoms with Gasteiger partial charge in [0, 0.05) is 0 Å². The highest BCUT2D eigenvalue weighted by atomic mass is 16.4. The van der Waals surface area contributed by atoms with Crippen molar-refractivity contribution < 1.29 is 13.9 Å². The van der Waals surface area contributed by atoms with Crippen molar-refractivity contribution in [3.63, 3.8) is 0 Å². The summed E-state index contributed by atoms with van der Waals surface area (Å²) in [6.45, 7) is 4.51. The molecule has 2 rings (SSSR count). The van der Waals surface area contributed by atoms with Crippen LogP contribution in [-0.4, -0.2) is 5.11 Å². The molecular formula is C13H17NO3. The molecule has 0 spiro atoms. The molecule has 0 aliphatic carbocycles. The van der Waals surface area contributed by atoms with Crippen molar-refractivity contribution in [3.05, 3.63) is 47.3 Å². The third-order valence-electron chi connectivity index (χ3n) is 2.64. The zero-order valence-electron chi connectivity index (χ0n) is 10.1. The van der Waals surface area contributed by atoms with E-state index in [1.165, 1.54) is 0 Å². The van der Waals surface area contributed by atoms with Gasteiger partial charge in [-0.1, -0.05) is 0 Å². The predicted octanol–water partition coefficient (Wildman–Crippen LogP) is 2.52. The second kappa shape index (κ2) is 5.21. The van der Waals surface area contributed by atoms with Crippen LogP contribution in [0.1, 0.15) is 36.0 Å². The largest absolute Gasteiger partial charge is 0.465 e. The number of furan rings is 2. The van der Waals surface area contributed by atoms with Crippen molar-refractivity contribution in [1.82, 2.24) is 5.32 Å². The van der Waals surface area contributed by atoms with Gasteiger partial charge < -0.3 is 19.3 Å². The molecule has 1 unspecified atom stereocenters. The number of aryl methyl sites for hydroxylation is 1. The first-order valence-electron chi connectivity index (χ1n) is 5.67. The molecule has 4 heteroatoms. The van der Waals surface area contributed by atoms with Gasteiger partial charge in [0.15, 0.2) is 0 Å². The third-order valence-corrected chi connectivity index (χ3v) is 2.64. The van der Waals surface area contributed by atoms with Crippen LogP contribution in [0.25, 0.3) is 0 Å². The maximum Gasteiger partial charge on any atom is 0.129 e. The van der Waals surface area contributed by atoms with E-state index in [1.807, 2.05) is 32.0 Å². The van der Waals surface area contributed by atoms with Crippen LogP contribution in [0.15, 0.2) is 33.1 Å². The summed E-state index contributed by atoms with van der Waals surface area (Å²) in [5.41, 5.74) is 0. The van der Waals surface area contributed by atoms with Gasteiger partial charge in [-0.3, -0.25) is 0 Å². The normalized spacial score (nSPS) is 12.9. The zero-order chi connectivity index (χ0) is 12.3. The molecular weight excluding hydrogens is 218 g/mol. The molecule has 2 N–H and O–H groups in total. The maximum atomic E-state index is 8.88. The van der Waals surface area contributed by atoms with E-state index >= 15 is 0 Å². The van der Waals surface area contributed by atoms with E-state index in [0.29, 0.717) is 12.3 Å². The molecule has 92 valence electrons. The van der Waals surface area contributed by atoms with Crippen LogP contribution in [0, 0.1) is 6.92 Å². The molecule has 1 atom stereocenters. The van der Waals surface area contributed by atoms with Gasteiger partial charge in [0.25, 0.3) is 0 Å². The summed E-state index contributed by atoms with van der Waals surface area (Å²) >= 11 is 0. The second-order valence-electron chi connectivity index (χ2n) is 4.08. The number of nitrogens with one attached hydrogen (secondary N) is 1. The Morgan fingerprint density at radius 3 is 2.53 bits per heavy atom. The van der Waals surface area contributed by atoms with Gasteiger partial charge in [-0.15, -0.1) is 0 Å². The Bertz CT molecular complexity index is 472. The van der Waals surface area contributed by atoms with Gasteiger partial charge in [-0.25, -0.2) is 0 Å². The Balaban J connectivity index is 1.89. The average molecular weight is 235 g/mol. The van der Waals surface area contributed by atoms with E-state index in [-0.39, 0.29) is 12.6 Å². The quantitative estimate of drug-likeness (QED) is 0.836. The lowest BCUT2D eigenvalue weighted by molar-refractivity contribution is 0.242. The highest BCUT2D eigenvalue weighted by Crippen LogP contribution is 2.16. The Labute approximate surface area is 100 Å². The summed E-state index contributed by atoms with van der Waals surface area (Å²) in [6, 6.07) is 7.68. The van der Waals surface area contributed by atoms with Crippen LogP contribution >= 0.6 is 0 Å². The van der Waals surface area contributed by atoms with Crippen molar-refractivity contribution in [2.45, 2.75) is 33.0 Å². The minimum Gasteiger partial charge on any atom is -0.465 e. The first-order chi connectivity index (χ1) is 8.19. The Kier molecular flexibility index (Phi) is 3.66. The minimum absolute atomic E-state index is 0.0626. The summed E-state index contributed by atoms with van der Waals surface area (Å²) in [5, 5.41) is 12.2. The predicted molar refractivity (Wildman–Crippen MR) is 63.3 cm³/mol. The van der Waals surface area contributed by atoms with Gasteiger partial charge in [-0.05, 0) is 38.1 Å². The Hall–Kier alpha value is -1.52. The molecule has 0 aromatic carbocycles. The van der Waals surface area contributed by atoms with E-state index in [9.17, 15) is 0 Å². The fraction of sp³-hybridized carbons (Fsp3) is 0.385. The van der Waals surface area contributed by atoms with E-state index in [2.05, 4.69) is 5.32 Å². The lowest BCUT2D eigenvalue weighted by Gasteiger charge is -2.09. The topological polar surface area (TPSA) is 58.5 Å². The molecule has 0 saturated heterocycles. The summed E-state index contributed by atoms with van der Waals surface area (Å²) < 4.78 is 10.9. The number of rotatable bonds is 5. The number of aliphatic hydroxyl groups is 1. The molecule has 0 radical (unpaired) electrons. The van der Waals surface area contributed by atoms with E-state index in [4.69, 9.17) is 13.9 Å². The number of hydrogen-bond donors (Lipinski definition) is 2. The standard InChI is InChI=1S/C13H17NO3/c1-9-3-6-13(16-9)10(2)14-7-11-4-5-12(8-15)17-11/h3-6,10,14-15H,7-8H2,1-2H3. The second-order valence-corrected chi connectivity index (χ2v) is 4.08. The van der Waals surface area contributed by atoms with Crippen molar-refractivity contribution in [3.8, 4) is 0 Å². The molecule has 0 aliphatic rings. The first-order valence-corrected chi connectivity index (χ1v) is 5.67. The fourth-order valence-electron chi connectivity index (χ4n) is 1.64. The summed E-state index contributed by atoms with van der Waals surface area (Å²) in [7, 11) is 0. The summed E-state index contributed by atoms with van der Waals surface area (Å²) in [5.74, 6) is 3.22. The smallest absolute Gasteiger partial charge is 0.129 e. The average Bonchev–Trinajstić information content (AvgIpc) is 2.94. The first kappa shape index (κ1) is 12.0. The molecule has 2 heterocycles. The molecule has 17 heavy (non-hydrogen) atoms. The van der Waals surface area contributed by atoms with Gasteiger partial charge in [0.2, 0.25) is 0 Å². The number of aliphatic hydroxyl groups excluding tert-OH is 1. The van der Waals surface area contributed by atoms with Gasteiger partial charge in [0.1, 0.15) is 29.6 Å². The lowest BCUT2D eigenvalue weighted by Crippen LogP contribution is -2.17. The van der Waals surface area contributed by atoms with E-state index < -0.39 is 0 Å². The summed E-state index contributed by atoms with van der Waals surface area (Å²) in [6.07, 6.45) is 0. The molecule has 0 saturated carbocycles. The SMILES string of the molecule is Cc1ccc(C(C)NCc2ccc(CO)o2)o1.